The zero-order valence-corrected chi connectivity index (χ0v) is 14.9. The van der Waals surface area contributed by atoms with Gasteiger partial charge >= 0.3 is 6.03 Å². The minimum absolute atomic E-state index is 0.175. The Labute approximate surface area is 156 Å². The van der Waals surface area contributed by atoms with Crippen LogP contribution in [0.4, 0.5) is 4.79 Å². The van der Waals surface area contributed by atoms with Crippen LogP contribution in [0, 0.1) is 0 Å². The molecule has 0 unspecified atom stereocenters. The molecule has 140 valence electrons. The number of nitrogens with zero attached hydrogens (tertiary/aromatic N) is 3. The summed E-state index contributed by atoms with van der Waals surface area (Å²) in [6.07, 6.45) is 3.24. The minimum atomic E-state index is -0.238. The van der Waals surface area contributed by atoms with E-state index in [2.05, 4.69) is 15.5 Å². The van der Waals surface area contributed by atoms with Gasteiger partial charge in [0, 0.05) is 6.54 Å². The lowest BCUT2D eigenvalue weighted by Gasteiger charge is -2.21. The maximum Gasteiger partial charge on any atom is 0.318 e. The van der Waals surface area contributed by atoms with E-state index in [-0.39, 0.29) is 12.1 Å². The summed E-state index contributed by atoms with van der Waals surface area (Å²) in [7, 11) is 1.60. The van der Waals surface area contributed by atoms with Crippen LogP contribution >= 0.6 is 0 Å². The van der Waals surface area contributed by atoms with Crippen molar-refractivity contribution in [1.82, 2.24) is 20.4 Å². The molecular weight excluding hydrogens is 348 g/mol. The van der Waals surface area contributed by atoms with Crippen LogP contribution in [0.2, 0.25) is 0 Å². The Morgan fingerprint density at radius 1 is 1.33 bits per heavy atom. The van der Waals surface area contributed by atoms with Crippen molar-refractivity contribution in [1.29, 1.82) is 0 Å². The molecule has 1 aliphatic rings. The average molecular weight is 368 g/mol. The predicted octanol–water partition coefficient (Wildman–Crippen LogP) is 3.38. The largest absolute Gasteiger partial charge is 0.496 e. The van der Waals surface area contributed by atoms with E-state index in [1.807, 2.05) is 30.3 Å². The Hall–Kier alpha value is -3.29. The third-order valence-corrected chi connectivity index (χ3v) is 4.58. The van der Waals surface area contributed by atoms with Gasteiger partial charge in [-0.2, -0.15) is 4.98 Å². The number of hydrogen-bond acceptors (Lipinski definition) is 6. The number of ether oxygens (including phenoxy) is 1. The molecular formula is C19H20N4O4. The molecule has 1 atom stereocenters. The van der Waals surface area contributed by atoms with Crippen LogP contribution in [0.1, 0.15) is 30.5 Å². The van der Waals surface area contributed by atoms with Crippen LogP contribution in [-0.4, -0.2) is 34.7 Å². The van der Waals surface area contributed by atoms with Gasteiger partial charge in [-0.25, -0.2) is 4.79 Å². The number of carbonyl (C=O) groups is 1. The Kier molecular flexibility index (Phi) is 4.78. The van der Waals surface area contributed by atoms with Gasteiger partial charge < -0.3 is 23.9 Å². The van der Waals surface area contributed by atoms with Gasteiger partial charge in [-0.1, -0.05) is 17.3 Å². The Balaban J connectivity index is 1.49. The van der Waals surface area contributed by atoms with Gasteiger partial charge in [0.1, 0.15) is 17.6 Å². The second-order valence-corrected chi connectivity index (χ2v) is 6.25. The maximum absolute atomic E-state index is 12.6. The molecule has 2 aromatic heterocycles. The van der Waals surface area contributed by atoms with Gasteiger partial charge in [-0.3, -0.25) is 0 Å². The van der Waals surface area contributed by atoms with E-state index in [1.54, 1.807) is 24.3 Å². The van der Waals surface area contributed by atoms with Gasteiger partial charge in [-0.15, -0.1) is 0 Å². The highest BCUT2D eigenvalue weighted by Gasteiger charge is 2.34. The van der Waals surface area contributed by atoms with Gasteiger partial charge in [0.15, 0.2) is 0 Å². The second kappa shape index (κ2) is 7.53. The number of likely N-dealkylation sites (tertiary alicyclic amines) is 1. The van der Waals surface area contributed by atoms with Crippen molar-refractivity contribution < 1.29 is 18.5 Å². The standard InChI is InChI=1S/C19H20N4O4/c1-25-16-9-3-2-7-14(16)17-21-18(27-22-17)15-8-4-10-23(15)19(24)20-12-13-6-5-11-26-13/h2-3,5-7,9,11,15H,4,8,10,12H2,1H3,(H,20,24)/t15-/m1/s1. The SMILES string of the molecule is COc1ccccc1-c1noc([C@H]2CCCN2C(=O)NCc2ccco2)n1. The molecule has 1 aromatic carbocycles. The van der Waals surface area contributed by atoms with Crippen LogP contribution in [0.25, 0.3) is 11.4 Å². The Bertz CT molecular complexity index is 906. The van der Waals surface area contributed by atoms with Crippen molar-refractivity contribution in [3.63, 3.8) is 0 Å². The number of aromatic nitrogens is 2. The summed E-state index contributed by atoms with van der Waals surface area (Å²) in [6.45, 7) is 0.979. The van der Waals surface area contributed by atoms with E-state index in [4.69, 9.17) is 13.7 Å². The molecule has 1 aliphatic heterocycles. The Morgan fingerprint density at radius 2 is 2.22 bits per heavy atom. The lowest BCUT2D eigenvalue weighted by Crippen LogP contribution is -2.39. The highest BCUT2D eigenvalue weighted by molar-refractivity contribution is 5.75. The van der Waals surface area contributed by atoms with Crippen molar-refractivity contribution in [3.05, 3.63) is 54.3 Å². The number of rotatable bonds is 5. The van der Waals surface area contributed by atoms with E-state index < -0.39 is 0 Å². The number of benzene rings is 1. The molecule has 0 saturated carbocycles. The molecule has 8 nitrogen and oxygen atoms in total. The van der Waals surface area contributed by atoms with Crippen LogP contribution in [0.15, 0.2) is 51.6 Å². The smallest absolute Gasteiger partial charge is 0.318 e. The monoisotopic (exact) mass is 368 g/mol. The normalized spacial score (nSPS) is 16.5. The quantitative estimate of drug-likeness (QED) is 0.742. The zero-order valence-electron chi connectivity index (χ0n) is 14.9. The number of methoxy groups -OCH3 is 1. The number of para-hydroxylation sites is 1. The number of furan rings is 1. The molecule has 4 rings (SSSR count). The fourth-order valence-electron chi connectivity index (χ4n) is 3.25. The van der Waals surface area contributed by atoms with Crippen molar-refractivity contribution in [2.24, 2.45) is 0 Å². The molecule has 0 radical (unpaired) electrons. The molecule has 8 heteroatoms. The molecule has 1 saturated heterocycles. The Morgan fingerprint density at radius 3 is 3.04 bits per heavy atom. The number of carbonyl (C=O) groups excluding carboxylic acids is 1. The summed E-state index contributed by atoms with van der Waals surface area (Å²) in [5.74, 6) is 2.26. The fourth-order valence-corrected chi connectivity index (χ4v) is 3.25. The number of hydrogen-bond donors (Lipinski definition) is 1. The molecule has 27 heavy (non-hydrogen) atoms. The summed E-state index contributed by atoms with van der Waals surface area (Å²) < 4.78 is 16.1. The lowest BCUT2D eigenvalue weighted by atomic mass is 10.2. The average Bonchev–Trinajstić information content (AvgIpc) is 3.47. The van der Waals surface area contributed by atoms with Crippen LogP contribution in [0.5, 0.6) is 5.75 Å². The van der Waals surface area contributed by atoms with Gasteiger partial charge in [-0.05, 0) is 37.1 Å². The number of amides is 2. The minimum Gasteiger partial charge on any atom is -0.496 e. The van der Waals surface area contributed by atoms with Crippen molar-refractivity contribution in [2.75, 3.05) is 13.7 Å². The molecule has 3 aromatic rings. The van der Waals surface area contributed by atoms with Gasteiger partial charge in [0.2, 0.25) is 11.7 Å². The van der Waals surface area contributed by atoms with Gasteiger partial charge in [0.05, 0.1) is 25.5 Å². The summed E-state index contributed by atoms with van der Waals surface area (Å²) in [5.41, 5.74) is 0.752. The van der Waals surface area contributed by atoms with Crippen molar-refractivity contribution in [2.45, 2.75) is 25.4 Å². The summed E-state index contributed by atoms with van der Waals surface area (Å²) in [6, 6.07) is 10.7. The van der Waals surface area contributed by atoms with Gasteiger partial charge in [0.25, 0.3) is 0 Å². The van der Waals surface area contributed by atoms with Crippen molar-refractivity contribution >= 4 is 6.03 Å². The van der Waals surface area contributed by atoms with Crippen LogP contribution < -0.4 is 10.1 Å². The zero-order chi connectivity index (χ0) is 18.6. The van der Waals surface area contributed by atoms with Crippen molar-refractivity contribution in [3.8, 4) is 17.1 Å². The highest BCUT2D eigenvalue weighted by Crippen LogP contribution is 2.33. The fraction of sp³-hybridized carbons (Fsp3) is 0.316. The summed E-state index contributed by atoms with van der Waals surface area (Å²) in [4.78, 5) is 18.8. The van der Waals surface area contributed by atoms with E-state index in [0.717, 1.165) is 18.4 Å². The molecule has 0 bridgehead atoms. The molecule has 1 N–H and O–H groups in total. The third-order valence-electron chi connectivity index (χ3n) is 4.58. The first-order valence-electron chi connectivity index (χ1n) is 8.80. The molecule has 1 fully saturated rings. The third kappa shape index (κ3) is 3.51. The number of nitrogens with one attached hydrogen (secondary N) is 1. The lowest BCUT2D eigenvalue weighted by molar-refractivity contribution is 0.179. The topological polar surface area (TPSA) is 93.6 Å². The summed E-state index contributed by atoms with van der Waals surface area (Å²) >= 11 is 0. The van der Waals surface area contributed by atoms with E-state index >= 15 is 0 Å². The first-order valence-corrected chi connectivity index (χ1v) is 8.80. The maximum atomic E-state index is 12.6. The molecule has 2 amide bonds. The molecule has 0 spiro atoms. The number of urea groups is 1. The predicted molar refractivity (Wildman–Crippen MR) is 95.9 cm³/mol. The summed E-state index contributed by atoms with van der Waals surface area (Å²) in [5, 5.41) is 6.95. The first-order chi connectivity index (χ1) is 13.3. The van der Waals surface area contributed by atoms with E-state index in [1.165, 1.54) is 0 Å². The molecule has 3 heterocycles. The molecule has 0 aliphatic carbocycles. The van der Waals surface area contributed by atoms with Crippen LogP contribution in [0.3, 0.4) is 0 Å². The van der Waals surface area contributed by atoms with E-state index in [0.29, 0.717) is 36.3 Å². The van der Waals surface area contributed by atoms with E-state index in [9.17, 15) is 4.79 Å². The van der Waals surface area contributed by atoms with Crippen LogP contribution in [-0.2, 0) is 6.54 Å². The second-order valence-electron chi connectivity index (χ2n) is 6.25. The first kappa shape index (κ1) is 17.1. The highest BCUT2D eigenvalue weighted by atomic mass is 16.5.